The van der Waals surface area contributed by atoms with Crippen molar-refractivity contribution in [2.45, 2.75) is 31.6 Å². The molecular weight excluding hydrogens is 316 g/mol. The van der Waals surface area contributed by atoms with E-state index in [1.165, 1.54) is 5.56 Å². The van der Waals surface area contributed by atoms with Crippen molar-refractivity contribution < 1.29 is 14.3 Å². The Morgan fingerprint density at radius 2 is 2.00 bits per heavy atom. The van der Waals surface area contributed by atoms with Gasteiger partial charge < -0.3 is 19.7 Å². The molecule has 5 nitrogen and oxygen atoms in total. The molecule has 128 valence electrons. The van der Waals surface area contributed by atoms with Crippen LogP contribution in [0.1, 0.15) is 18.4 Å². The summed E-state index contributed by atoms with van der Waals surface area (Å²) in [6, 6.07) is 10.0. The van der Waals surface area contributed by atoms with Crippen molar-refractivity contribution >= 4 is 18.3 Å². The molecule has 1 N–H and O–H groups in total. The Hall–Kier alpha value is -1.14. The predicted octanol–water partition coefficient (Wildman–Crippen LogP) is 1.60. The van der Waals surface area contributed by atoms with E-state index >= 15 is 0 Å². The highest BCUT2D eigenvalue weighted by Gasteiger charge is 2.29. The third-order valence-electron chi connectivity index (χ3n) is 4.30. The Morgan fingerprint density at radius 3 is 2.65 bits per heavy atom. The third-order valence-corrected chi connectivity index (χ3v) is 4.30. The molecule has 3 rings (SSSR count). The van der Waals surface area contributed by atoms with E-state index in [4.69, 9.17) is 9.47 Å². The fourth-order valence-electron chi connectivity index (χ4n) is 2.98. The molecular formula is C17H25ClN2O3. The largest absolute Gasteiger partial charge is 0.378 e. The Balaban J connectivity index is 0.00000192. The lowest BCUT2D eigenvalue weighted by atomic mass is 10.1. The van der Waals surface area contributed by atoms with Crippen LogP contribution in [0.2, 0.25) is 0 Å². The van der Waals surface area contributed by atoms with E-state index < -0.39 is 0 Å². The molecule has 23 heavy (non-hydrogen) atoms. The van der Waals surface area contributed by atoms with Crippen LogP contribution in [0.5, 0.6) is 0 Å². The minimum absolute atomic E-state index is 0. The number of hydrogen-bond donors (Lipinski definition) is 1. The highest BCUT2D eigenvalue weighted by molar-refractivity contribution is 5.85. The van der Waals surface area contributed by atoms with Gasteiger partial charge in [0.15, 0.2) is 0 Å². The van der Waals surface area contributed by atoms with E-state index in [0.29, 0.717) is 19.8 Å². The zero-order valence-electron chi connectivity index (χ0n) is 13.3. The highest BCUT2D eigenvalue weighted by Crippen LogP contribution is 2.17. The monoisotopic (exact) mass is 340 g/mol. The second kappa shape index (κ2) is 9.23. The van der Waals surface area contributed by atoms with E-state index in [1.807, 2.05) is 23.1 Å². The average molecular weight is 341 g/mol. The van der Waals surface area contributed by atoms with Crippen LogP contribution < -0.4 is 5.32 Å². The van der Waals surface area contributed by atoms with Crippen molar-refractivity contribution in [2.75, 3.05) is 32.8 Å². The minimum atomic E-state index is -0.171. The van der Waals surface area contributed by atoms with E-state index in [9.17, 15) is 4.79 Å². The molecule has 0 aliphatic carbocycles. The average Bonchev–Trinajstić information content (AvgIpc) is 2.61. The number of carbonyl (C=O) groups excluding carboxylic acids is 1. The number of nitrogens with one attached hydrogen (secondary N) is 1. The van der Waals surface area contributed by atoms with Crippen LogP contribution in [0, 0.1) is 0 Å². The summed E-state index contributed by atoms with van der Waals surface area (Å²) >= 11 is 0. The zero-order valence-corrected chi connectivity index (χ0v) is 14.1. The van der Waals surface area contributed by atoms with Gasteiger partial charge in [0.05, 0.1) is 25.9 Å². The Bertz CT molecular complexity index is 472. The number of amides is 1. The quantitative estimate of drug-likeness (QED) is 0.904. The van der Waals surface area contributed by atoms with Crippen LogP contribution >= 0.6 is 12.4 Å². The van der Waals surface area contributed by atoms with Crippen molar-refractivity contribution in [3.8, 4) is 0 Å². The van der Waals surface area contributed by atoms with Gasteiger partial charge in [0.1, 0.15) is 6.04 Å². The first-order valence-corrected chi connectivity index (χ1v) is 8.08. The Kier molecular flexibility index (Phi) is 7.30. The Labute approximate surface area is 143 Å². The smallest absolute Gasteiger partial charge is 0.242 e. The van der Waals surface area contributed by atoms with Crippen molar-refractivity contribution in [3.05, 3.63) is 35.9 Å². The van der Waals surface area contributed by atoms with Gasteiger partial charge in [-0.3, -0.25) is 4.79 Å². The number of halogens is 1. The van der Waals surface area contributed by atoms with Crippen LogP contribution in [0.4, 0.5) is 0 Å². The summed E-state index contributed by atoms with van der Waals surface area (Å²) in [6.45, 7) is 4.14. The van der Waals surface area contributed by atoms with Crippen molar-refractivity contribution in [1.29, 1.82) is 0 Å². The number of rotatable bonds is 4. The predicted molar refractivity (Wildman–Crippen MR) is 90.7 cm³/mol. The van der Waals surface area contributed by atoms with Gasteiger partial charge in [-0.15, -0.1) is 12.4 Å². The van der Waals surface area contributed by atoms with Crippen LogP contribution in [0.15, 0.2) is 30.3 Å². The fourth-order valence-corrected chi connectivity index (χ4v) is 2.98. The first-order chi connectivity index (χ1) is 10.8. The van der Waals surface area contributed by atoms with Gasteiger partial charge in [-0.1, -0.05) is 30.3 Å². The fraction of sp³-hybridized carbons (Fsp3) is 0.588. The van der Waals surface area contributed by atoms with Gasteiger partial charge in [-0.2, -0.15) is 0 Å². The molecule has 0 bridgehead atoms. The zero-order chi connectivity index (χ0) is 15.2. The highest BCUT2D eigenvalue weighted by atomic mass is 35.5. The van der Waals surface area contributed by atoms with Crippen LogP contribution in [0.3, 0.4) is 0 Å². The molecule has 0 saturated carbocycles. The topological polar surface area (TPSA) is 50.8 Å². The molecule has 2 aliphatic rings. The first-order valence-electron chi connectivity index (χ1n) is 8.08. The van der Waals surface area contributed by atoms with Gasteiger partial charge >= 0.3 is 0 Å². The SMILES string of the molecule is Cl.O=C(C1COCCN1)N1CCC(OCc2ccccc2)CC1. The molecule has 6 heteroatoms. The molecule has 0 aromatic heterocycles. The molecule has 0 radical (unpaired) electrons. The van der Waals surface area contributed by atoms with Gasteiger partial charge in [-0.25, -0.2) is 0 Å². The van der Waals surface area contributed by atoms with Crippen molar-refractivity contribution in [2.24, 2.45) is 0 Å². The van der Waals surface area contributed by atoms with Crippen molar-refractivity contribution in [1.82, 2.24) is 10.2 Å². The molecule has 1 atom stereocenters. The van der Waals surface area contributed by atoms with E-state index in [2.05, 4.69) is 17.4 Å². The molecule has 2 saturated heterocycles. The summed E-state index contributed by atoms with van der Waals surface area (Å²) in [7, 11) is 0. The molecule has 1 aromatic rings. The maximum atomic E-state index is 12.4. The molecule has 2 heterocycles. The molecule has 1 amide bonds. The second-order valence-corrected chi connectivity index (χ2v) is 5.90. The molecule has 1 aromatic carbocycles. The standard InChI is InChI=1S/C17H24N2O3.ClH/c20-17(16-13-21-11-8-18-16)19-9-6-15(7-10-19)22-12-14-4-2-1-3-5-14;/h1-5,15-16,18H,6-13H2;1H. The van der Waals surface area contributed by atoms with Crippen LogP contribution in [0.25, 0.3) is 0 Å². The molecule has 0 spiro atoms. The number of benzene rings is 1. The number of morpholine rings is 1. The lowest BCUT2D eigenvalue weighted by molar-refractivity contribution is -0.139. The second-order valence-electron chi connectivity index (χ2n) is 5.90. The number of piperidine rings is 1. The number of likely N-dealkylation sites (tertiary alicyclic amines) is 1. The normalized spacial score (nSPS) is 22.4. The summed E-state index contributed by atoms with van der Waals surface area (Å²) < 4.78 is 11.3. The van der Waals surface area contributed by atoms with E-state index in [0.717, 1.165) is 32.5 Å². The Morgan fingerprint density at radius 1 is 1.26 bits per heavy atom. The number of nitrogens with zero attached hydrogens (tertiary/aromatic N) is 1. The maximum absolute atomic E-state index is 12.4. The summed E-state index contributed by atoms with van der Waals surface area (Å²) in [4.78, 5) is 14.3. The summed E-state index contributed by atoms with van der Waals surface area (Å²) in [5, 5.41) is 3.23. The van der Waals surface area contributed by atoms with Crippen LogP contribution in [-0.2, 0) is 20.9 Å². The minimum Gasteiger partial charge on any atom is -0.378 e. The van der Waals surface area contributed by atoms with E-state index in [1.54, 1.807) is 0 Å². The van der Waals surface area contributed by atoms with Gasteiger partial charge in [-0.05, 0) is 18.4 Å². The summed E-state index contributed by atoms with van der Waals surface area (Å²) in [6.07, 6.45) is 2.07. The molecule has 2 aliphatic heterocycles. The first kappa shape index (κ1) is 18.2. The van der Waals surface area contributed by atoms with E-state index in [-0.39, 0.29) is 30.5 Å². The van der Waals surface area contributed by atoms with Gasteiger partial charge in [0, 0.05) is 19.6 Å². The third kappa shape index (κ3) is 5.18. The number of ether oxygens (including phenoxy) is 2. The van der Waals surface area contributed by atoms with Gasteiger partial charge in [0.25, 0.3) is 0 Å². The maximum Gasteiger partial charge on any atom is 0.242 e. The lowest BCUT2D eigenvalue weighted by Crippen LogP contribution is -2.54. The van der Waals surface area contributed by atoms with Gasteiger partial charge in [0.2, 0.25) is 5.91 Å². The van der Waals surface area contributed by atoms with Crippen molar-refractivity contribution in [3.63, 3.8) is 0 Å². The number of hydrogen-bond acceptors (Lipinski definition) is 4. The lowest BCUT2D eigenvalue weighted by Gasteiger charge is -2.35. The molecule has 2 fully saturated rings. The summed E-state index contributed by atoms with van der Waals surface area (Å²) in [5.41, 5.74) is 1.20. The number of carbonyl (C=O) groups is 1. The summed E-state index contributed by atoms with van der Waals surface area (Å²) in [5.74, 6) is 0.168. The van der Waals surface area contributed by atoms with Crippen LogP contribution in [-0.4, -0.2) is 55.8 Å². The molecule has 1 unspecified atom stereocenters.